The average molecular weight is 427 g/mol. The average Bonchev–Trinajstić information content (AvgIpc) is 3.23. The first-order chi connectivity index (χ1) is 15.2. The predicted octanol–water partition coefficient (Wildman–Crippen LogP) is 6.53. The summed E-state index contributed by atoms with van der Waals surface area (Å²) in [5, 5.41) is 5.42. The predicted molar refractivity (Wildman–Crippen MR) is 128 cm³/mol. The molecule has 0 aliphatic carbocycles. The van der Waals surface area contributed by atoms with Crippen molar-refractivity contribution < 1.29 is 9.53 Å². The van der Waals surface area contributed by atoms with E-state index in [2.05, 4.69) is 16.7 Å². The van der Waals surface area contributed by atoms with Crippen molar-refractivity contribution in [2.45, 2.75) is 33.3 Å². The molecule has 0 aliphatic heterocycles. The van der Waals surface area contributed by atoms with Gasteiger partial charge >= 0.3 is 6.09 Å². The molecule has 0 atom stereocenters. The zero-order valence-corrected chi connectivity index (χ0v) is 18.7. The van der Waals surface area contributed by atoms with E-state index in [9.17, 15) is 4.79 Å². The molecule has 0 bridgehead atoms. The van der Waals surface area contributed by atoms with E-state index < -0.39 is 11.7 Å². The highest BCUT2D eigenvalue weighted by Gasteiger charge is 2.28. The van der Waals surface area contributed by atoms with Crippen LogP contribution >= 0.6 is 0 Å². The molecule has 2 aromatic heterocycles. The zero-order chi connectivity index (χ0) is 22.9. The number of pyridine rings is 1. The fraction of sp³-hybridized carbons (Fsp3) is 0.192. The van der Waals surface area contributed by atoms with Crippen LogP contribution in [0.25, 0.3) is 22.2 Å². The third kappa shape index (κ3) is 4.25. The molecule has 0 unspecified atom stereocenters. The van der Waals surface area contributed by atoms with Gasteiger partial charge in [0.05, 0.1) is 40.7 Å². The quantitative estimate of drug-likeness (QED) is 0.372. The van der Waals surface area contributed by atoms with Crippen LogP contribution in [0.1, 0.15) is 33.4 Å². The summed E-state index contributed by atoms with van der Waals surface area (Å²) in [6.07, 6.45) is 2.91. The van der Waals surface area contributed by atoms with Crippen LogP contribution in [0.4, 0.5) is 16.2 Å². The monoisotopic (exact) mass is 426 g/mol. The van der Waals surface area contributed by atoms with Crippen LogP contribution in [0, 0.1) is 0 Å². The molecule has 6 heteroatoms. The highest BCUT2D eigenvalue weighted by molar-refractivity contribution is 6.00. The number of anilines is 2. The third-order valence-corrected chi connectivity index (χ3v) is 4.84. The second-order valence-electron chi connectivity index (χ2n) is 8.60. The molecular weight excluding hydrogens is 400 g/mol. The Bertz CT molecular complexity index is 1300. The summed E-state index contributed by atoms with van der Waals surface area (Å²) in [7, 11) is 0. The van der Waals surface area contributed by atoms with Crippen molar-refractivity contribution in [2.75, 3.05) is 4.90 Å². The third-order valence-electron chi connectivity index (χ3n) is 4.84. The second kappa shape index (κ2) is 8.30. The van der Waals surface area contributed by atoms with Crippen LogP contribution in [-0.4, -0.2) is 26.5 Å². The molecule has 1 amide bonds. The Labute approximate surface area is 187 Å². The molecule has 2 heterocycles. The van der Waals surface area contributed by atoms with E-state index in [0.29, 0.717) is 11.4 Å². The Balaban J connectivity index is 1.92. The van der Waals surface area contributed by atoms with Gasteiger partial charge in [-0.3, -0.25) is 4.98 Å². The summed E-state index contributed by atoms with van der Waals surface area (Å²) in [4.78, 5) is 19.6. The maximum Gasteiger partial charge on any atom is 0.419 e. The number of aromatic nitrogens is 3. The molecule has 4 aromatic rings. The van der Waals surface area contributed by atoms with Gasteiger partial charge in [0.2, 0.25) is 0 Å². The molecule has 0 aliphatic rings. The first-order valence-corrected chi connectivity index (χ1v) is 10.4. The van der Waals surface area contributed by atoms with E-state index in [1.54, 1.807) is 22.0 Å². The minimum absolute atomic E-state index is 0.494. The summed E-state index contributed by atoms with van der Waals surface area (Å²) in [6.45, 7) is 11.5. The summed E-state index contributed by atoms with van der Waals surface area (Å²) in [5.74, 6) is 0. The van der Waals surface area contributed by atoms with E-state index in [1.165, 1.54) is 0 Å². The number of rotatable bonds is 4. The van der Waals surface area contributed by atoms with Crippen molar-refractivity contribution in [1.82, 2.24) is 14.8 Å². The van der Waals surface area contributed by atoms with Crippen LogP contribution in [0.15, 0.2) is 79.6 Å². The number of hydrogen-bond donors (Lipinski definition) is 0. The van der Waals surface area contributed by atoms with E-state index in [1.807, 2.05) is 88.4 Å². The number of ether oxygens (including phenoxy) is 1. The highest BCUT2D eigenvalue weighted by atomic mass is 16.6. The second-order valence-corrected chi connectivity index (χ2v) is 8.60. The molecule has 162 valence electrons. The molecule has 0 saturated carbocycles. The van der Waals surface area contributed by atoms with Crippen molar-refractivity contribution in [2.24, 2.45) is 0 Å². The maximum atomic E-state index is 13.5. The van der Waals surface area contributed by atoms with Gasteiger partial charge in [-0.1, -0.05) is 36.9 Å². The number of nitrogens with zero attached hydrogens (tertiary/aromatic N) is 4. The minimum atomic E-state index is -0.664. The van der Waals surface area contributed by atoms with E-state index in [0.717, 1.165) is 27.9 Å². The molecule has 0 saturated heterocycles. The Morgan fingerprint density at radius 2 is 1.78 bits per heavy atom. The Hall–Kier alpha value is -3.93. The van der Waals surface area contributed by atoms with Crippen LogP contribution in [0.3, 0.4) is 0 Å². The number of allylic oxidation sites excluding steroid dienone is 1. The SMILES string of the molecule is C=C(C)c1ccnn1-c1ccccc1N(C(=O)OC(C)(C)C)c1cnc2ccccc2c1. The van der Waals surface area contributed by atoms with Gasteiger partial charge in [0.15, 0.2) is 0 Å². The van der Waals surface area contributed by atoms with Gasteiger partial charge in [-0.15, -0.1) is 0 Å². The molecule has 32 heavy (non-hydrogen) atoms. The summed E-state index contributed by atoms with van der Waals surface area (Å²) < 4.78 is 7.56. The van der Waals surface area contributed by atoms with Gasteiger partial charge in [0, 0.05) is 5.39 Å². The molecule has 0 spiro atoms. The van der Waals surface area contributed by atoms with Gasteiger partial charge in [-0.25, -0.2) is 14.4 Å². The van der Waals surface area contributed by atoms with Crippen molar-refractivity contribution in [1.29, 1.82) is 0 Å². The number of para-hydroxylation sites is 3. The highest BCUT2D eigenvalue weighted by Crippen LogP contribution is 2.34. The van der Waals surface area contributed by atoms with E-state index in [-0.39, 0.29) is 0 Å². The van der Waals surface area contributed by atoms with Crippen LogP contribution in [0.5, 0.6) is 0 Å². The van der Waals surface area contributed by atoms with E-state index in [4.69, 9.17) is 4.74 Å². The molecule has 0 fully saturated rings. The molecule has 4 rings (SSSR count). The Kier molecular flexibility index (Phi) is 5.53. The van der Waals surface area contributed by atoms with Gasteiger partial charge in [0.1, 0.15) is 5.60 Å². The lowest BCUT2D eigenvalue weighted by molar-refractivity contribution is 0.0599. The summed E-state index contributed by atoms with van der Waals surface area (Å²) in [5.41, 5.74) is 3.88. The standard InChI is InChI=1S/C26H26N4O2/c1-18(2)22-14-15-28-30(22)24-13-9-8-12-23(24)29(25(31)32-26(3,4)5)20-16-19-10-6-7-11-21(19)27-17-20/h6-17H,1H2,2-5H3. The zero-order valence-electron chi connectivity index (χ0n) is 18.7. The van der Waals surface area contributed by atoms with Crippen molar-refractivity contribution in [3.05, 3.63) is 85.3 Å². The minimum Gasteiger partial charge on any atom is -0.443 e. The van der Waals surface area contributed by atoms with Gasteiger partial charge in [0.25, 0.3) is 0 Å². The number of carbonyl (C=O) groups is 1. The lowest BCUT2D eigenvalue weighted by Crippen LogP contribution is -2.34. The van der Waals surface area contributed by atoms with E-state index >= 15 is 0 Å². The lowest BCUT2D eigenvalue weighted by atomic mass is 10.1. The first-order valence-electron chi connectivity index (χ1n) is 10.4. The van der Waals surface area contributed by atoms with Crippen molar-refractivity contribution in [3.8, 4) is 5.69 Å². The van der Waals surface area contributed by atoms with Crippen molar-refractivity contribution >= 4 is 33.9 Å². The van der Waals surface area contributed by atoms with Gasteiger partial charge < -0.3 is 4.74 Å². The fourth-order valence-electron chi connectivity index (χ4n) is 3.48. The number of amides is 1. The maximum absolute atomic E-state index is 13.5. The molecule has 2 aromatic carbocycles. The topological polar surface area (TPSA) is 60.2 Å². The van der Waals surface area contributed by atoms with Crippen LogP contribution in [0.2, 0.25) is 0 Å². The number of benzene rings is 2. The molecule has 6 nitrogen and oxygen atoms in total. The molecular formula is C26H26N4O2. The number of carbonyl (C=O) groups excluding carboxylic acids is 1. The largest absolute Gasteiger partial charge is 0.443 e. The smallest absolute Gasteiger partial charge is 0.419 e. The fourth-order valence-corrected chi connectivity index (χ4v) is 3.48. The van der Waals surface area contributed by atoms with Gasteiger partial charge in [-0.2, -0.15) is 5.10 Å². The normalized spacial score (nSPS) is 11.4. The van der Waals surface area contributed by atoms with Crippen LogP contribution < -0.4 is 4.90 Å². The van der Waals surface area contributed by atoms with Gasteiger partial charge in [-0.05, 0) is 63.6 Å². The molecule has 0 N–H and O–H groups in total. The molecule has 0 radical (unpaired) electrons. The number of hydrogen-bond acceptors (Lipinski definition) is 4. The summed E-state index contributed by atoms with van der Waals surface area (Å²) >= 11 is 0. The van der Waals surface area contributed by atoms with Crippen LogP contribution in [-0.2, 0) is 4.74 Å². The first kappa shape index (κ1) is 21.3. The lowest BCUT2D eigenvalue weighted by Gasteiger charge is -2.29. The Morgan fingerprint density at radius 3 is 2.53 bits per heavy atom. The van der Waals surface area contributed by atoms with Crippen molar-refractivity contribution in [3.63, 3.8) is 0 Å². The summed E-state index contributed by atoms with van der Waals surface area (Å²) in [6, 6.07) is 19.2. The Morgan fingerprint density at radius 1 is 1.06 bits per heavy atom. The number of fused-ring (bicyclic) bond motifs is 1.